The number of rotatable bonds is 7. The Hall–Kier alpha value is -0.770. The first-order valence-electron chi connectivity index (χ1n) is 5.82. The van der Waals surface area contributed by atoms with Gasteiger partial charge in [-0.25, -0.2) is 0 Å². The zero-order chi connectivity index (χ0) is 12.7. The summed E-state index contributed by atoms with van der Waals surface area (Å²) in [6.07, 6.45) is 0.862. The third-order valence-electron chi connectivity index (χ3n) is 2.37. The van der Waals surface area contributed by atoms with Gasteiger partial charge in [-0.05, 0) is 37.1 Å². The van der Waals surface area contributed by atoms with Crippen LogP contribution in [0.25, 0.3) is 0 Å². The highest BCUT2D eigenvalue weighted by Crippen LogP contribution is 2.25. The molecule has 0 aliphatic rings. The largest absolute Gasteiger partial charge is 0.493 e. The number of ether oxygens (including phenoxy) is 2. The molecule has 1 rings (SSSR count). The van der Waals surface area contributed by atoms with Crippen molar-refractivity contribution in [2.75, 3.05) is 26.4 Å². The van der Waals surface area contributed by atoms with Crippen LogP contribution in [0.5, 0.6) is 5.75 Å². The maximum Gasteiger partial charge on any atom is 0.119 e. The van der Waals surface area contributed by atoms with Crippen LogP contribution in [0.2, 0.25) is 5.02 Å². The molecule has 0 bridgehead atoms. The molecule has 0 saturated heterocycles. The van der Waals surface area contributed by atoms with Gasteiger partial charge >= 0.3 is 0 Å². The molecule has 0 saturated carbocycles. The summed E-state index contributed by atoms with van der Waals surface area (Å²) >= 11 is 6.08. The Balaban J connectivity index is 2.32. The van der Waals surface area contributed by atoms with Crippen LogP contribution in [0, 0.1) is 13.8 Å². The number of hydrogen-bond donors (Lipinski definition) is 1. The first kappa shape index (κ1) is 14.3. The predicted molar refractivity (Wildman–Crippen MR) is 70.9 cm³/mol. The second-order valence-corrected chi connectivity index (χ2v) is 4.35. The van der Waals surface area contributed by atoms with E-state index in [1.165, 1.54) is 0 Å². The van der Waals surface area contributed by atoms with Gasteiger partial charge in [-0.15, -0.1) is 0 Å². The molecule has 4 heteroatoms. The van der Waals surface area contributed by atoms with Gasteiger partial charge < -0.3 is 15.2 Å². The van der Waals surface area contributed by atoms with Crippen molar-refractivity contribution in [1.82, 2.24) is 0 Å². The topological polar surface area (TPSA) is 44.5 Å². The Kier molecular flexibility index (Phi) is 6.34. The normalized spacial score (nSPS) is 10.6. The van der Waals surface area contributed by atoms with Gasteiger partial charge in [0.05, 0.1) is 13.2 Å². The maximum atomic E-state index is 6.08. The Bertz CT molecular complexity index is 332. The molecular weight excluding hydrogens is 238 g/mol. The number of benzene rings is 1. The van der Waals surface area contributed by atoms with E-state index in [1.807, 2.05) is 26.0 Å². The molecule has 0 amide bonds. The van der Waals surface area contributed by atoms with Crippen LogP contribution < -0.4 is 10.5 Å². The Morgan fingerprint density at radius 1 is 1.12 bits per heavy atom. The molecule has 0 aromatic heterocycles. The van der Waals surface area contributed by atoms with E-state index in [2.05, 4.69) is 0 Å². The maximum absolute atomic E-state index is 6.08. The fraction of sp³-hybridized carbons (Fsp3) is 0.538. The molecule has 0 aliphatic carbocycles. The Labute approximate surface area is 108 Å². The zero-order valence-electron chi connectivity index (χ0n) is 10.5. The molecule has 0 atom stereocenters. The standard InChI is InChI=1S/C13H20ClNO2/c1-10-8-12(9-11(2)13(10)14)17-6-3-5-16-7-4-15/h8-9H,3-7,15H2,1-2H3. The van der Waals surface area contributed by atoms with Crippen molar-refractivity contribution in [3.05, 3.63) is 28.3 Å². The lowest BCUT2D eigenvalue weighted by molar-refractivity contribution is 0.126. The van der Waals surface area contributed by atoms with Crippen LogP contribution in [0.1, 0.15) is 17.5 Å². The van der Waals surface area contributed by atoms with E-state index in [0.717, 1.165) is 28.3 Å². The zero-order valence-corrected chi connectivity index (χ0v) is 11.2. The highest BCUT2D eigenvalue weighted by Gasteiger charge is 2.03. The van der Waals surface area contributed by atoms with Crippen molar-refractivity contribution in [3.8, 4) is 5.75 Å². The Morgan fingerprint density at radius 2 is 1.76 bits per heavy atom. The van der Waals surface area contributed by atoms with E-state index in [-0.39, 0.29) is 0 Å². The lowest BCUT2D eigenvalue weighted by atomic mass is 10.1. The molecule has 3 nitrogen and oxygen atoms in total. The first-order chi connectivity index (χ1) is 8.15. The quantitative estimate of drug-likeness (QED) is 0.764. The third kappa shape index (κ3) is 4.94. The van der Waals surface area contributed by atoms with Crippen molar-refractivity contribution in [2.45, 2.75) is 20.3 Å². The van der Waals surface area contributed by atoms with E-state index in [0.29, 0.717) is 26.4 Å². The van der Waals surface area contributed by atoms with E-state index in [9.17, 15) is 0 Å². The smallest absolute Gasteiger partial charge is 0.119 e. The summed E-state index contributed by atoms with van der Waals surface area (Å²) in [5.74, 6) is 0.864. The molecule has 0 fully saturated rings. The molecule has 0 radical (unpaired) electrons. The van der Waals surface area contributed by atoms with Crippen LogP contribution in [0.4, 0.5) is 0 Å². The average molecular weight is 258 g/mol. The van der Waals surface area contributed by atoms with Crippen molar-refractivity contribution in [1.29, 1.82) is 0 Å². The summed E-state index contributed by atoms with van der Waals surface area (Å²) in [5.41, 5.74) is 7.40. The van der Waals surface area contributed by atoms with Crippen LogP contribution in [-0.4, -0.2) is 26.4 Å². The molecule has 2 N–H and O–H groups in total. The number of halogens is 1. The lowest BCUT2D eigenvalue weighted by Crippen LogP contribution is -2.10. The van der Waals surface area contributed by atoms with Crippen molar-refractivity contribution < 1.29 is 9.47 Å². The van der Waals surface area contributed by atoms with E-state index >= 15 is 0 Å². The van der Waals surface area contributed by atoms with Gasteiger partial charge in [-0.3, -0.25) is 0 Å². The first-order valence-corrected chi connectivity index (χ1v) is 6.20. The predicted octanol–water partition coefficient (Wildman–Crippen LogP) is 2.70. The van der Waals surface area contributed by atoms with Crippen molar-refractivity contribution in [3.63, 3.8) is 0 Å². The fourth-order valence-corrected chi connectivity index (χ4v) is 1.64. The van der Waals surface area contributed by atoms with Gasteiger partial charge in [0.15, 0.2) is 0 Å². The number of aryl methyl sites for hydroxylation is 2. The minimum atomic E-state index is 0.566. The van der Waals surface area contributed by atoms with Gasteiger partial charge in [0.2, 0.25) is 0 Å². The summed E-state index contributed by atoms with van der Waals surface area (Å²) in [4.78, 5) is 0. The number of nitrogens with two attached hydrogens (primary N) is 1. The van der Waals surface area contributed by atoms with Gasteiger partial charge in [0.25, 0.3) is 0 Å². The molecule has 0 aliphatic heterocycles. The minimum absolute atomic E-state index is 0.566. The Morgan fingerprint density at radius 3 is 2.35 bits per heavy atom. The minimum Gasteiger partial charge on any atom is -0.493 e. The van der Waals surface area contributed by atoms with Crippen LogP contribution in [0.15, 0.2) is 12.1 Å². The van der Waals surface area contributed by atoms with Gasteiger partial charge in [-0.1, -0.05) is 11.6 Å². The van der Waals surface area contributed by atoms with Crippen molar-refractivity contribution in [2.24, 2.45) is 5.73 Å². The molecule has 0 unspecified atom stereocenters. The van der Waals surface area contributed by atoms with Crippen LogP contribution in [0.3, 0.4) is 0 Å². The molecule has 0 spiro atoms. The fourth-order valence-electron chi connectivity index (χ4n) is 1.53. The van der Waals surface area contributed by atoms with Crippen LogP contribution in [-0.2, 0) is 4.74 Å². The molecular formula is C13H20ClNO2. The van der Waals surface area contributed by atoms with Crippen LogP contribution >= 0.6 is 11.6 Å². The van der Waals surface area contributed by atoms with E-state index in [1.54, 1.807) is 0 Å². The molecule has 0 heterocycles. The summed E-state index contributed by atoms with van der Waals surface area (Å²) < 4.78 is 10.9. The van der Waals surface area contributed by atoms with Crippen molar-refractivity contribution >= 4 is 11.6 Å². The molecule has 1 aromatic rings. The summed E-state index contributed by atoms with van der Waals surface area (Å²) in [6.45, 7) is 6.46. The third-order valence-corrected chi connectivity index (χ3v) is 2.97. The second-order valence-electron chi connectivity index (χ2n) is 3.97. The molecule has 96 valence electrons. The van der Waals surface area contributed by atoms with E-state index in [4.69, 9.17) is 26.8 Å². The summed E-state index contributed by atoms with van der Waals surface area (Å²) in [7, 11) is 0. The summed E-state index contributed by atoms with van der Waals surface area (Å²) in [5, 5.41) is 0.809. The average Bonchev–Trinajstić information content (AvgIpc) is 2.30. The van der Waals surface area contributed by atoms with Gasteiger partial charge in [0, 0.05) is 24.6 Å². The second kappa shape index (κ2) is 7.54. The summed E-state index contributed by atoms with van der Waals surface area (Å²) in [6, 6.07) is 3.91. The highest BCUT2D eigenvalue weighted by atomic mass is 35.5. The van der Waals surface area contributed by atoms with Gasteiger partial charge in [-0.2, -0.15) is 0 Å². The monoisotopic (exact) mass is 257 g/mol. The lowest BCUT2D eigenvalue weighted by Gasteiger charge is -2.10. The van der Waals surface area contributed by atoms with Gasteiger partial charge in [0.1, 0.15) is 5.75 Å². The SMILES string of the molecule is Cc1cc(OCCCOCCN)cc(C)c1Cl. The highest BCUT2D eigenvalue weighted by molar-refractivity contribution is 6.32. The molecule has 1 aromatic carbocycles. The molecule has 17 heavy (non-hydrogen) atoms. The number of hydrogen-bond acceptors (Lipinski definition) is 3. The van der Waals surface area contributed by atoms with E-state index < -0.39 is 0 Å².